The average molecular weight is 631 g/mol. The molecule has 0 spiro atoms. The fourth-order valence-electron chi connectivity index (χ4n) is 6.68. The van der Waals surface area contributed by atoms with Crippen LogP contribution in [0.25, 0.3) is 22.3 Å². The van der Waals surface area contributed by atoms with Crippen molar-refractivity contribution in [3.63, 3.8) is 0 Å². The van der Waals surface area contributed by atoms with Gasteiger partial charge in [0.25, 0.3) is 0 Å². The van der Waals surface area contributed by atoms with Gasteiger partial charge in [-0.05, 0) is 86.3 Å². The van der Waals surface area contributed by atoms with E-state index in [1.54, 1.807) is 0 Å². The number of benzene rings is 6. The van der Waals surface area contributed by atoms with Crippen LogP contribution in [0.2, 0.25) is 0 Å². The zero-order valence-electron chi connectivity index (χ0n) is 28.1. The number of hydrogen-bond donors (Lipinski definition) is 0. The Morgan fingerprint density at radius 2 is 0.792 bits per heavy atom. The highest BCUT2D eigenvalue weighted by Crippen LogP contribution is 2.52. The quantitative estimate of drug-likeness (QED) is 0.150. The predicted molar refractivity (Wildman–Crippen MR) is 200 cm³/mol. The molecule has 0 aliphatic carbocycles. The summed E-state index contributed by atoms with van der Waals surface area (Å²) in [4.78, 5) is 4.95. The summed E-state index contributed by atoms with van der Waals surface area (Å²) in [7, 11) is 0. The van der Waals surface area contributed by atoms with Gasteiger partial charge >= 0.3 is 0 Å². The molecule has 0 aromatic heterocycles. The maximum Gasteiger partial charge on any atom is 0.127 e. The molecule has 0 saturated carbocycles. The number of fused-ring (bicyclic) bond motifs is 2. The van der Waals surface area contributed by atoms with E-state index in [9.17, 15) is 0 Å². The molecule has 0 unspecified atom stereocenters. The Kier molecular flexibility index (Phi) is 8.89. The van der Waals surface area contributed by atoms with Crippen LogP contribution in [0, 0.1) is 0 Å². The van der Waals surface area contributed by atoms with Gasteiger partial charge < -0.3 is 19.3 Å². The Bertz CT molecular complexity index is 1860. The summed E-state index contributed by atoms with van der Waals surface area (Å²) in [6.45, 7) is 10.1. The van der Waals surface area contributed by atoms with Crippen LogP contribution < -0.4 is 19.3 Å². The highest BCUT2D eigenvalue weighted by atomic mass is 16.5. The number of rotatable bonds is 10. The van der Waals surface area contributed by atoms with E-state index in [0.29, 0.717) is 13.2 Å². The molecule has 0 amide bonds. The first-order valence-corrected chi connectivity index (χ1v) is 16.9. The first-order chi connectivity index (χ1) is 23.5. The summed E-state index contributed by atoms with van der Waals surface area (Å²) in [5.41, 5.74) is 11.5. The van der Waals surface area contributed by atoms with Crippen molar-refractivity contribution in [2.75, 3.05) is 9.80 Å². The summed E-state index contributed by atoms with van der Waals surface area (Å²) in [6.07, 6.45) is 0. The molecule has 1 aliphatic rings. The third-order valence-corrected chi connectivity index (χ3v) is 8.89. The molecule has 1 aliphatic heterocycles. The van der Waals surface area contributed by atoms with E-state index in [2.05, 4.69) is 159 Å². The van der Waals surface area contributed by atoms with Gasteiger partial charge in [0.15, 0.2) is 0 Å². The molecule has 1 heterocycles. The maximum atomic E-state index is 6.38. The first-order valence-electron chi connectivity index (χ1n) is 16.9. The van der Waals surface area contributed by atoms with E-state index in [0.717, 1.165) is 44.9 Å². The molecule has 4 nitrogen and oxygen atoms in total. The molecule has 48 heavy (non-hydrogen) atoms. The summed E-state index contributed by atoms with van der Waals surface area (Å²) >= 11 is 0. The Hall–Kier alpha value is -5.48. The van der Waals surface area contributed by atoms with Crippen LogP contribution in [-0.4, -0.2) is 12.1 Å². The van der Waals surface area contributed by atoms with Gasteiger partial charge in [0.2, 0.25) is 0 Å². The van der Waals surface area contributed by atoms with Crippen molar-refractivity contribution in [3.8, 4) is 33.8 Å². The lowest BCUT2D eigenvalue weighted by Gasteiger charge is -2.44. The minimum absolute atomic E-state index is 0.240. The topological polar surface area (TPSA) is 24.9 Å². The van der Waals surface area contributed by atoms with Gasteiger partial charge in [0, 0.05) is 23.2 Å². The van der Waals surface area contributed by atoms with Gasteiger partial charge in [-0.3, -0.25) is 0 Å². The lowest BCUT2D eigenvalue weighted by atomic mass is 9.96. The van der Waals surface area contributed by atoms with Crippen molar-refractivity contribution in [3.05, 3.63) is 157 Å². The van der Waals surface area contributed by atoms with Crippen LogP contribution >= 0.6 is 0 Å². The molecule has 240 valence electrons. The lowest BCUT2D eigenvalue weighted by molar-refractivity contribution is 0.307. The van der Waals surface area contributed by atoms with Crippen LogP contribution in [0.5, 0.6) is 11.5 Å². The SMILES string of the molecule is CC(C)N1c2ccc(-c3ccccc3OCc3ccccc3)cc2N(C(C)C)c2ccc(-c3ccccc3OCc3ccccc3)cc21. The van der Waals surface area contributed by atoms with Gasteiger partial charge in [-0.2, -0.15) is 0 Å². The molecular weight excluding hydrogens is 588 g/mol. The van der Waals surface area contributed by atoms with Gasteiger partial charge in [0.1, 0.15) is 24.7 Å². The predicted octanol–water partition coefficient (Wildman–Crippen LogP) is 11.6. The molecule has 0 bridgehead atoms. The number of para-hydroxylation sites is 2. The van der Waals surface area contributed by atoms with Crippen molar-refractivity contribution in [2.24, 2.45) is 0 Å². The highest BCUT2D eigenvalue weighted by molar-refractivity contribution is 5.97. The van der Waals surface area contributed by atoms with E-state index in [1.807, 2.05) is 24.3 Å². The average Bonchev–Trinajstić information content (AvgIpc) is 3.12. The van der Waals surface area contributed by atoms with Crippen LogP contribution in [0.4, 0.5) is 22.7 Å². The Morgan fingerprint density at radius 1 is 0.417 bits per heavy atom. The van der Waals surface area contributed by atoms with Crippen LogP contribution in [0.1, 0.15) is 38.8 Å². The zero-order chi connectivity index (χ0) is 33.0. The normalized spacial score (nSPS) is 12.2. The van der Waals surface area contributed by atoms with Crippen molar-refractivity contribution < 1.29 is 9.47 Å². The fourth-order valence-corrected chi connectivity index (χ4v) is 6.68. The number of anilines is 4. The number of ether oxygens (including phenoxy) is 2. The van der Waals surface area contributed by atoms with Gasteiger partial charge in [0.05, 0.1) is 22.7 Å². The second-order valence-corrected chi connectivity index (χ2v) is 12.9. The van der Waals surface area contributed by atoms with Gasteiger partial charge in [-0.15, -0.1) is 0 Å². The van der Waals surface area contributed by atoms with E-state index >= 15 is 0 Å². The molecule has 0 atom stereocenters. The van der Waals surface area contributed by atoms with Crippen molar-refractivity contribution in [1.82, 2.24) is 0 Å². The minimum atomic E-state index is 0.240. The number of hydrogen-bond acceptors (Lipinski definition) is 4. The van der Waals surface area contributed by atoms with Crippen LogP contribution in [0.3, 0.4) is 0 Å². The summed E-state index contributed by atoms with van der Waals surface area (Å²) in [5.74, 6) is 1.76. The van der Waals surface area contributed by atoms with E-state index < -0.39 is 0 Å². The largest absolute Gasteiger partial charge is 0.488 e. The highest BCUT2D eigenvalue weighted by Gasteiger charge is 2.32. The van der Waals surface area contributed by atoms with Gasteiger partial charge in [-0.1, -0.05) is 109 Å². The van der Waals surface area contributed by atoms with Crippen LogP contribution in [0.15, 0.2) is 146 Å². The van der Waals surface area contributed by atoms with E-state index in [-0.39, 0.29) is 12.1 Å². The Labute approximate surface area is 284 Å². The van der Waals surface area contributed by atoms with Crippen molar-refractivity contribution in [1.29, 1.82) is 0 Å². The molecule has 6 aromatic rings. The van der Waals surface area contributed by atoms with Crippen molar-refractivity contribution in [2.45, 2.75) is 53.0 Å². The first kappa shape index (κ1) is 31.1. The molecule has 4 heteroatoms. The monoisotopic (exact) mass is 630 g/mol. The standard InChI is InChI=1S/C44H42N2O2/c1-31(2)45-39-25-23-36(38-20-12-14-22-44(38)48-30-34-17-9-6-10-18-34)28-42(39)46(32(3)4)40-26-24-35(27-41(40)45)37-19-11-13-21-43(37)47-29-33-15-7-5-8-16-33/h5-28,31-32H,29-30H2,1-4H3. The van der Waals surface area contributed by atoms with E-state index in [1.165, 1.54) is 22.7 Å². The smallest absolute Gasteiger partial charge is 0.127 e. The molecule has 0 saturated heterocycles. The summed E-state index contributed by atoms with van der Waals surface area (Å²) in [6, 6.07) is 51.5. The Morgan fingerprint density at radius 3 is 1.19 bits per heavy atom. The second-order valence-electron chi connectivity index (χ2n) is 12.9. The zero-order valence-corrected chi connectivity index (χ0v) is 28.1. The molecule has 0 radical (unpaired) electrons. The maximum absolute atomic E-state index is 6.38. The third-order valence-electron chi connectivity index (χ3n) is 8.89. The van der Waals surface area contributed by atoms with E-state index in [4.69, 9.17) is 9.47 Å². The van der Waals surface area contributed by atoms with Gasteiger partial charge in [-0.25, -0.2) is 0 Å². The second kappa shape index (κ2) is 13.7. The minimum Gasteiger partial charge on any atom is -0.488 e. The summed E-state index contributed by atoms with van der Waals surface area (Å²) < 4.78 is 12.8. The lowest BCUT2D eigenvalue weighted by Crippen LogP contribution is -2.36. The molecule has 0 N–H and O–H groups in total. The van der Waals surface area contributed by atoms with Crippen LogP contribution in [-0.2, 0) is 13.2 Å². The fraction of sp³-hybridized carbons (Fsp3) is 0.182. The Balaban J connectivity index is 1.26. The summed E-state index contributed by atoms with van der Waals surface area (Å²) in [5, 5.41) is 0. The van der Waals surface area contributed by atoms with Crippen molar-refractivity contribution >= 4 is 22.7 Å². The molecule has 6 aromatic carbocycles. The third kappa shape index (κ3) is 6.26. The molecule has 7 rings (SSSR count). The molecular formula is C44H42N2O2. The number of nitrogens with zero attached hydrogens (tertiary/aromatic N) is 2. The molecule has 0 fully saturated rings.